The molecule has 0 aromatic rings. The summed E-state index contributed by atoms with van der Waals surface area (Å²) in [4.78, 5) is 2.50. The number of ether oxygens (including phenoxy) is 1. The monoisotopic (exact) mass is 252 g/mol. The molecule has 0 aromatic heterocycles. The van der Waals surface area contributed by atoms with E-state index in [0.717, 1.165) is 30.9 Å². The highest BCUT2D eigenvalue weighted by Crippen LogP contribution is 2.48. The quantitative estimate of drug-likeness (QED) is 0.811. The van der Waals surface area contributed by atoms with Crippen LogP contribution in [0.3, 0.4) is 0 Å². The van der Waals surface area contributed by atoms with E-state index in [2.05, 4.69) is 11.9 Å². The summed E-state index contributed by atoms with van der Waals surface area (Å²) >= 11 is 0. The van der Waals surface area contributed by atoms with Crippen molar-refractivity contribution in [3.05, 3.63) is 0 Å². The Morgan fingerprint density at radius 2 is 2.17 bits per heavy atom. The highest BCUT2D eigenvalue weighted by atomic mass is 16.5. The molecule has 18 heavy (non-hydrogen) atoms. The average molecular weight is 252 g/mol. The minimum atomic E-state index is 0.388. The van der Waals surface area contributed by atoms with Crippen LogP contribution in [-0.2, 0) is 4.74 Å². The summed E-state index contributed by atoms with van der Waals surface area (Å²) in [6.07, 6.45) is 8.75. The smallest absolute Gasteiger partial charge is 0.0743 e. The number of nitrogens with zero attached hydrogens (tertiary/aromatic N) is 1. The molecule has 104 valence electrons. The summed E-state index contributed by atoms with van der Waals surface area (Å²) < 4.78 is 5.83. The molecule has 2 aliphatic carbocycles. The van der Waals surface area contributed by atoms with Gasteiger partial charge in [-0.25, -0.2) is 0 Å². The molecule has 1 aliphatic heterocycles. The van der Waals surface area contributed by atoms with Crippen molar-refractivity contribution in [2.75, 3.05) is 26.7 Å². The van der Waals surface area contributed by atoms with Crippen molar-refractivity contribution in [3.63, 3.8) is 0 Å². The van der Waals surface area contributed by atoms with E-state index in [1.54, 1.807) is 0 Å². The minimum absolute atomic E-state index is 0.388. The first-order valence-corrected chi connectivity index (χ1v) is 7.80. The average Bonchev–Trinajstić information content (AvgIpc) is 3.05. The first kappa shape index (κ1) is 12.9. The Morgan fingerprint density at radius 3 is 2.72 bits per heavy atom. The highest BCUT2D eigenvalue weighted by molar-refractivity contribution is 4.92. The molecule has 3 fully saturated rings. The van der Waals surface area contributed by atoms with Crippen LogP contribution in [0.15, 0.2) is 0 Å². The van der Waals surface area contributed by atoms with Crippen molar-refractivity contribution in [3.8, 4) is 0 Å². The molecule has 5 atom stereocenters. The van der Waals surface area contributed by atoms with Crippen molar-refractivity contribution in [1.29, 1.82) is 0 Å². The van der Waals surface area contributed by atoms with Crippen LogP contribution in [0.2, 0.25) is 0 Å². The third-order valence-corrected chi connectivity index (χ3v) is 5.61. The molecule has 3 aliphatic rings. The fraction of sp³-hybridized carbons (Fsp3) is 1.00. The van der Waals surface area contributed by atoms with Crippen molar-refractivity contribution < 1.29 is 4.74 Å². The van der Waals surface area contributed by atoms with E-state index in [-0.39, 0.29) is 0 Å². The van der Waals surface area contributed by atoms with E-state index < -0.39 is 0 Å². The van der Waals surface area contributed by atoms with Crippen LogP contribution >= 0.6 is 0 Å². The number of hydrogen-bond acceptors (Lipinski definition) is 3. The van der Waals surface area contributed by atoms with Gasteiger partial charge in [0.1, 0.15) is 0 Å². The first-order chi connectivity index (χ1) is 8.78. The van der Waals surface area contributed by atoms with Gasteiger partial charge in [-0.05, 0) is 56.9 Å². The van der Waals surface area contributed by atoms with Crippen LogP contribution < -0.4 is 5.73 Å². The van der Waals surface area contributed by atoms with Gasteiger partial charge in [-0.3, -0.25) is 4.90 Å². The van der Waals surface area contributed by atoms with Gasteiger partial charge >= 0.3 is 0 Å². The van der Waals surface area contributed by atoms with Crippen LogP contribution in [0.5, 0.6) is 0 Å². The molecule has 1 heterocycles. The highest BCUT2D eigenvalue weighted by Gasteiger charge is 2.40. The molecule has 2 bridgehead atoms. The minimum Gasteiger partial charge on any atom is -0.377 e. The molecule has 2 saturated carbocycles. The Balaban J connectivity index is 1.54. The third-order valence-electron chi connectivity index (χ3n) is 5.61. The predicted octanol–water partition coefficient (Wildman–Crippen LogP) is 1.86. The van der Waals surface area contributed by atoms with E-state index in [1.807, 2.05) is 0 Å². The summed E-state index contributed by atoms with van der Waals surface area (Å²) in [5, 5.41) is 0. The molecular formula is C15H28N2O. The van der Waals surface area contributed by atoms with Gasteiger partial charge in [0.25, 0.3) is 0 Å². The molecule has 1 saturated heterocycles. The number of nitrogens with two attached hydrogens (primary N) is 1. The largest absolute Gasteiger partial charge is 0.377 e. The summed E-state index contributed by atoms with van der Waals surface area (Å²) in [7, 11) is 2.26. The van der Waals surface area contributed by atoms with Crippen LogP contribution in [-0.4, -0.2) is 43.8 Å². The zero-order valence-corrected chi connectivity index (χ0v) is 11.7. The molecule has 3 rings (SSSR count). The lowest BCUT2D eigenvalue weighted by Crippen LogP contribution is -2.48. The van der Waals surface area contributed by atoms with E-state index in [0.29, 0.717) is 12.1 Å². The molecule has 2 N–H and O–H groups in total. The van der Waals surface area contributed by atoms with Crippen molar-refractivity contribution in [1.82, 2.24) is 4.90 Å². The zero-order valence-electron chi connectivity index (χ0n) is 11.7. The number of likely N-dealkylation sites (N-methyl/N-ethyl adjacent to an activating group) is 1. The van der Waals surface area contributed by atoms with Crippen LogP contribution in [0.25, 0.3) is 0 Å². The molecule has 0 radical (unpaired) electrons. The molecular weight excluding hydrogens is 224 g/mol. The maximum atomic E-state index is 5.98. The standard InChI is InChI=1S/C15H28N2O/c1-17(14(9-16)15-3-2-6-18-15)10-13-8-11-4-5-12(13)7-11/h11-15H,2-10,16H2,1H3. The van der Waals surface area contributed by atoms with Gasteiger partial charge in [0.05, 0.1) is 6.10 Å². The van der Waals surface area contributed by atoms with E-state index in [1.165, 1.54) is 45.1 Å². The Morgan fingerprint density at radius 1 is 1.28 bits per heavy atom. The number of rotatable bonds is 5. The maximum absolute atomic E-state index is 5.98. The molecule has 3 heteroatoms. The van der Waals surface area contributed by atoms with Crippen molar-refractivity contribution in [2.45, 2.75) is 50.7 Å². The molecule has 0 amide bonds. The Kier molecular flexibility index (Phi) is 3.92. The van der Waals surface area contributed by atoms with Crippen molar-refractivity contribution in [2.24, 2.45) is 23.5 Å². The van der Waals surface area contributed by atoms with Gasteiger partial charge < -0.3 is 10.5 Å². The van der Waals surface area contributed by atoms with Crippen molar-refractivity contribution >= 4 is 0 Å². The summed E-state index contributed by atoms with van der Waals surface area (Å²) in [5.41, 5.74) is 5.98. The lowest BCUT2D eigenvalue weighted by molar-refractivity contribution is 0.0285. The van der Waals surface area contributed by atoms with E-state index in [9.17, 15) is 0 Å². The fourth-order valence-electron chi connectivity index (χ4n) is 4.63. The Bertz CT molecular complexity index is 278. The van der Waals surface area contributed by atoms with Gasteiger partial charge in [-0.2, -0.15) is 0 Å². The molecule has 0 aromatic carbocycles. The topological polar surface area (TPSA) is 38.5 Å². The summed E-state index contributed by atoms with van der Waals surface area (Å²) in [5.74, 6) is 3.00. The lowest BCUT2D eigenvalue weighted by atomic mass is 9.88. The van der Waals surface area contributed by atoms with Gasteiger partial charge in [-0.15, -0.1) is 0 Å². The normalized spacial score (nSPS) is 40.8. The van der Waals surface area contributed by atoms with Gasteiger partial charge in [0, 0.05) is 25.7 Å². The summed E-state index contributed by atoms with van der Waals surface area (Å²) in [6.45, 7) is 2.91. The fourth-order valence-corrected chi connectivity index (χ4v) is 4.63. The van der Waals surface area contributed by atoms with Crippen LogP contribution in [0, 0.1) is 17.8 Å². The third kappa shape index (κ3) is 2.45. The second kappa shape index (κ2) is 5.48. The van der Waals surface area contributed by atoms with Gasteiger partial charge in [-0.1, -0.05) is 6.42 Å². The lowest BCUT2D eigenvalue weighted by Gasteiger charge is -2.35. The Labute approximate surface area is 111 Å². The Hall–Kier alpha value is -0.120. The van der Waals surface area contributed by atoms with E-state index in [4.69, 9.17) is 10.5 Å². The first-order valence-electron chi connectivity index (χ1n) is 7.80. The SMILES string of the molecule is CN(CC1CC2CCC1C2)C(CN)C1CCCO1. The molecule has 3 nitrogen and oxygen atoms in total. The molecule has 0 spiro atoms. The second-order valence-corrected chi connectivity index (χ2v) is 6.73. The number of hydrogen-bond donors (Lipinski definition) is 1. The van der Waals surface area contributed by atoms with Gasteiger partial charge in [0.2, 0.25) is 0 Å². The maximum Gasteiger partial charge on any atom is 0.0743 e. The van der Waals surface area contributed by atoms with E-state index >= 15 is 0 Å². The summed E-state index contributed by atoms with van der Waals surface area (Å²) in [6, 6.07) is 0.437. The van der Waals surface area contributed by atoms with Crippen LogP contribution in [0.1, 0.15) is 38.5 Å². The predicted molar refractivity (Wildman–Crippen MR) is 73.4 cm³/mol. The van der Waals surface area contributed by atoms with Gasteiger partial charge in [0.15, 0.2) is 0 Å². The second-order valence-electron chi connectivity index (χ2n) is 6.73. The zero-order chi connectivity index (χ0) is 12.5. The van der Waals surface area contributed by atoms with Crippen LogP contribution in [0.4, 0.5) is 0 Å². The number of fused-ring (bicyclic) bond motifs is 2. The molecule has 5 unspecified atom stereocenters.